The van der Waals surface area contributed by atoms with Crippen molar-refractivity contribution in [3.63, 3.8) is 0 Å². The standard InChI is InChI=1S/C15H30N2O/c1-4-16-14-8-5-7-13(14)11-17-10-6-9-15(2,12-17)18-3/h13-14,16H,4-12H2,1-3H3. The Kier molecular flexibility index (Phi) is 5.05. The molecule has 2 aliphatic rings. The molecule has 0 aromatic carbocycles. The summed E-state index contributed by atoms with van der Waals surface area (Å²) in [6.45, 7) is 9.22. The molecule has 1 saturated heterocycles. The van der Waals surface area contributed by atoms with Gasteiger partial charge in [-0.2, -0.15) is 0 Å². The van der Waals surface area contributed by atoms with Crippen LogP contribution in [0.25, 0.3) is 0 Å². The Morgan fingerprint density at radius 3 is 2.89 bits per heavy atom. The van der Waals surface area contributed by atoms with Crippen molar-refractivity contribution in [2.24, 2.45) is 5.92 Å². The van der Waals surface area contributed by atoms with Crippen LogP contribution in [0.1, 0.15) is 46.0 Å². The van der Waals surface area contributed by atoms with E-state index >= 15 is 0 Å². The molecule has 1 saturated carbocycles. The molecule has 1 aliphatic carbocycles. The van der Waals surface area contributed by atoms with Crippen LogP contribution in [-0.4, -0.2) is 49.8 Å². The van der Waals surface area contributed by atoms with E-state index in [1.807, 2.05) is 7.11 Å². The second kappa shape index (κ2) is 6.36. The number of rotatable bonds is 5. The van der Waals surface area contributed by atoms with E-state index in [1.165, 1.54) is 45.2 Å². The Hall–Kier alpha value is -0.120. The van der Waals surface area contributed by atoms with Crippen LogP contribution in [0.4, 0.5) is 0 Å². The summed E-state index contributed by atoms with van der Waals surface area (Å²) in [7, 11) is 1.86. The van der Waals surface area contributed by atoms with E-state index in [0.29, 0.717) is 0 Å². The van der Waals surface area contributed by atoms with E-state index in [-0.39, 0.29) is 5.60 Å². The van der Waals surface area contributed by atoms with Gasteiger partial charge in [0.1, 0.15) is 0 Å². The van der Waals surface area contributed by atoms with Gasteiger partial charge < -0.3 is 15.0 Å². The third-order valence-corrected chi connectivity index (χ3v) is 4.85. The first-order valence-corrected chi connectivity index (χ1v) is 7.68. The fourth-order valence-electron chi connectivity index (χ4n) is 3.75. The Labute approximate surface area is 112 Å². The zero-order valence-electron chi connectivity index (χ0n) is 12.4. The monoisotopic (exact) mass is 254 g/mol. The third-order valence-electron chi connectivity index (χ3n) is 4.85. The van der Waals surface area contributed by atoms with Crippen LogP contribution >= 0.6 is 0 Å². The van der Waals surface area contributed by atoms with Gasteiger partial charge in [0.15, 0.2) is 0 Å². The minimum Gasteiger partial charge on any atom is -0.377 e. The molecule has 3 heteroatoms. The van der Waals surface area contributed by atoms with Crippen LogP contribution in [0.2, 0.25) is 0 Å². The van der Waals surface area contributed by atoms with Gasteiger partial charge in [0.05, 0.1) is 5.60 Å². The maximum Gasteiger partial charge on any atom is 0.0777 e. The lowest BCUT2D eigenvalue weighted by Gasteiger charge is -2.41. The largest absolute Gasteiger partial charge is 0.377 e. The van der Waals surface area contributed by atoms with Gasteiger partial charge in [0.2, 0.25) is 0 Å². The van der Waals surface area contributed by atoms with Crippen LogP contribution in [-0.2, 0) is 4.74 Å². The zero-order chi connectivity index (χ0) is 13.0. The summed E-state index contributed by atoms with van der Waals surface area (Å²) in [5, 5.41) is 3.66. The zero-order valence-corrected chi connectivity index (χ0v) is 12.4. The number of methoxy groups -OCH3 is 1. The van der Waals surface area contributed by atoms with E-state index in [4.69, 9.17) is 4.74 Å². The Balaban J connectivity index is 1.85. The van der Waals surface area contributed by atoms with Gasteiger partial charge in [-0.05, 0) is 51.6 Å². The molecule has 1 aliphatic heterocycles. The molecule has 2 rings (SSSR count). The average molecular weight is 254 g/mol. The van der Waals surface area contributed by atoms with Gasteiger partial charge in [-0.3, -0.25) is 0 Å². The first kappa shape index (κ1) is 14.3. The highest BCUT2D eigenvalue weighted by Gasteiger charge is 2.34. The van der Waals surface area contributed by atoms with E-state index in [1.54, 1.807) is 0 Å². The second-order valence-corrected chi connectivity index (χ2v) is 6.35. The number of likely N-dealkylation sites (tertiary alicyclic amines) is 1. The molecule has 3 atom stereocenters. The van der Waals surface area contributed by atoms with Crippen molar-refractivity contribution in [2.75, 3.05) is 33.3 Å². The Morgan fingerprint density at radius 1 is 1.33 bits per heavy atom. The fourth-order valence-corrected chi connectivity index (χ4v) is 3.75. The highest BCUT2D eigenvalue weighted by molar-refractivity contribution is 4.89. The lowest BCUT2D eigenvalue weighted by Crippen LogP contribution is -2.50. The molecule has 2 fully saturated rings. The summed E-state index contributed by atoms with van der Waals surface area (Å²) >= 11 is 0. The van der Waals surface area contributed by atoms with Crippen molar-refractivity contribution >= 4 is 0 Å². The summed E-state index contributed by atoms with van der Waals surface area (Å²) in [6, 6.07) is 0.755. The maximum atomic E-state index is 5.69. The van der Waals surface area contributed by atoms with Crippen molar-refractivity contribution in [3.8, 4) is 0 Å². The van der Waals surface area contributed by atoms with Gasteiger partial charge in [0, 0.05) is 26.2 Å². The molecule has 3 nitrogen and oxygen atoms in total. The quantitative estimate of drug-likeness (QED) is 0.814. The SMILES string of the molecule is CCNC1CCCC1CN1CCCC(C)(OC)C1. The molecule has 3 unspecified atom stereocenters. The summed E-state index contributed by atoms with van der Waals surface area (Å²) in [6.07, 6.45) is 6.66. The van der Waals surface area contributed by atoms with Crippen molar-refractivity contribution in [3.05, 3.63) is 0 Å². The van der Waals surface area contributed by atoms with E-state index in [0.717, 1.165) is 25.0 Å². The topological polar surface area (TPSA) is 24.5 Å². The summed E-state index contributed by atoms with van der Waals surface area (Å²) in [5.74, 6) is 0.851. The van der Waals surface area contributed by atoms with Crippen LogP contribution in [0.15, 0.2) is 0 Å². The van der Waals surface area contributed by atoms with Gasteiger partial charge in [-0.15, -0.1) is 0 Å². The smallest absolute Gasteiger partial charge is 0.0777 e. The number of piperidine rings is 1. The number of nitrogens with one attached hydrogen (secondary N) is 1. The van der Waals surface area contributed by atoms with E-state index in [9.17, 15) is 0 Å². The van der Waals surface area contributed by atoms with Gasteiger partial charge in [-0.25, -0.2) is 0 Å². The average Bonchev–Trinajstić information content (AvgIpc) is 2.77. The Bertz CT molecular complexity index is 259. The molecule has 0 aromatic heterocycles. The minimum absolute atomic E-state index is 0.0878. The molecular formula is C15H30N2O. The van der Waals surface area contributed by atoms with Crippen molar-refractivity contribution < 1.29 is 4.74 Å². The molecule has 0 radical (unpaired) electrons. The van der Waals surface area contributed by atoms with Crippen LogP contribution in [0.3, 0.4) is 0 Å². The Morgan fingerprint density at radius 2 is 2.17 bits per heavy atom. The van der Waals surface area contributed by atoms with Crippen molar-refractivity contribution in [2.45, 2.75) is 57.6 Å². The van der Waals surface area contributed by atoms with Gasteiger partial charge in [-0.1, -0.05) is 13.3 Å². The molecule has 0 aromatic rings. The predicted molar refractivity (Wildman–Crippen MR) is 75.9 cm³/mol. The van der Waals surface area contributed by atoms with E-state index < -0.39 is 0 Å². The van der Waals surface area contributed by atoms with Crippen molar-refractivity contribution in [1.82, 2.24) is 10.2 Å². The summed E-state index contributed by atoms with van der Waals surface area (Å²) in [4.78, 5) is 2.63. The lowest BCUT2D eigenvalue weighted by molar-refractivity contribution is -0.0541. The van der Waals surface area contributed by atoms with Crippen LogP contribution < -0.4 is 5.32 Å². The highest BCUT2D eigenvalue weighted by atomic mass is 16.5. The first-order valence-electron chi connectivity index (χ1n) is 7.68. The summed E-state index contributed by atoms with van der Waals surface area (Å²) in [5.41, 5.74) is 0.0878. The molecule has 0 bridgehead atoms. The molecule has 1 N–H and O–H groups in total. The van der Waals surface area contributed by atoms with Crippen LogP contribution in [0.5, 0.6) is 0 Å². The maximum absolute atomic E-state index is 5.69. The van der Waals surface area contributed by atoms with Crippen molar-refractivity contribution in [1.29, 1.82) is 0 Å². The number of nitrogens with zero attached hydrogens (tertiary/aromatic N) is 1. The van der Waals surface area contributed by atoms with Gasteiger partial charge >= 0.3 is 0 Å². The summed E-state index contributed by atoms with van der Waals surface area (Å²) < 4.78 is 5.69. The van der Waals surface area contributed by atoms with Crippen LogP contribution in [0, 0.1) is 5.92 Å². The third kappa shape index (κ3) is 3.46. The molecule has 0 spiro atoms. The molecule has 106 valence electrons. The fraction of sp³-hybridized carbons (Fsp3) is 1.00. The molecule has 0 amide bonds. The second-order valence-electron chi connectivity index (χ2n) is 6.35. The molecule has 18 heavy (non-hydrogen) atoms. The number of ether oxygens (including phenoxy) is 1. The highest BCUT2D eigenvalue weighted by Crippen LogP contribution is 2.29. The molecule has 1 heterocycles. The first-order chi connectivity index (χ1) is 8.67. The lowest BCUT2D eigenvalue weighted by atomic mass is 9.93. The van der Waals surface area contributed by atoms with Gasteiger partial charge in [0.25, 0.3) is 0 Å². The minimum atomic E-state index is 0.0878. The predicted octanol–water partition coefficient (Wildman–Crippen LogP) is 2.27. The number of hydrogen-bond donors (Lipinski definition) is 1. The van der Waals surface area contributed by atoms with E-state index in [2.05, 4.69) is 24.1 Å². The number of hydrogen-bond acceptors (Lipinski definition) is 3. The molecular weight excluding hydrogens is 224 g/mol. The normalized spacial score (nSPS) is 38.2.